The number of amides is 2. The van der Waals surface area contributed by atoms with Crippen LogP contribution in [-0.2, 0) is 19.1 Å². The molecule has 1 atom stereocenters. The van der Waals surface area contributed by atoms with Gasteiger partial charge in [0.15, 0.2) is 0 Å². The fourth-order valence-electron chi connectivity index (χ4n) is 3.76. The molecular weight excluding hydrogens is 396 g/mol. The highest BCUT2D eigenvalue weighted by molar-refractivity contribution is 7.99. The number of rotatable bonds is 6. The Bertz CT molecular complexity index is 793. The van der Waals surface area contributed by atoms with Gasteiger partial charge in [-0.1, -0.05) is 0 Å². The molecule has 1 aromatic carbocycles. The maximum atomic E-state index is 13.0. The first kappa shape index (κ1) is 21.3. The van der Waals surface area contributed by atoms with Crippen LogP contribution in [0.15, 0.2) is 18.2 Å². The summed E-state index contributed by atoms with van der Waals surface area (Å²) < 4.78 is 15.6. The molecule has 2 heterocycles. The molecule has 2 amide bonds. The van der Waals surface area contributed by atoms with E-state index in [0.29, 0.717) is 30.0 Å². The van der Waals surface area contributed by atoms with Crippen LogP contribution in [0.25, 0.3) is 0 Å². The predicted molar refractivity (Wildman–Crippen MR) is 109 cm³/mol. The lowest BCUT2D eigenvalue weighted by Crippen LogP contribution is -2.58. The Morgan fingerprint density at radius 1 is 1.17 bits per heavy atom. The normalized spacial score (nSPS) is 20.9. The summed E-state index contributed by atoms with van der Waals surface area (Å²) in [6, 6.07) is 5.18. The number of ether oxygens (including phenoxy) is 3. The van der Waals surface area contributed by atoms with E-state index in [2.05, 4.69) is 5.32 Å². The fraction of sp³-hybridized carbons (Fsp3) is 0.550. The molecule has 3 rings (SSSR count). The lowest BCUT2D eigenvalue weighted by Gasteiger charge is -2.35. The van der Waals surface area contributed by atoms with Gasteiger partial charge in [-0.05, 0) is 36.5 Å². The van der Waals surface area contributed by atoms with Crippen molar-refractivity contribution in [2.24, 2.45) is 5.92 Å². The maximum absolute atomic E-state index is 13.0. The Morgan fingerprint density at radius 2 is 1.90 bits per heavy atom. The first-order chi connectivity index (χ1) is 13.9. The van der Waals surface area contributed by atoms with Crippen LogP contribution >= 0.6 is 11.8 Å². The summed E-state index contributed by atoms with van der Waals surface area (Å²) in [6.07, 6.45) is 1.10. The number of anilines is 1. The standard InChI is InChI=1S/C20H26N2O6S/c1-26-14-4-5-16(27-2)15(11-14)22-12-13(10-17(22)23)18(24)21-20(19(25)28-3)6-8-29-9-7-20/h4-5,11,13H,6-10,12H2,1-3H3,(H,21,24). The summed E-state index contributed by atoms with van der Waals surface area (Å²) in [7, 11) is 4.40. The van der Waals surface area contributed by atoms with Crippen molar-refractivity contribution in [2.45, 2.75) is 24.8 Å². The molecule has 0 radical (unpaired) electrons. The Hall–Kier alpha value is -2.42. The average Bonchev–Trinajstić information content (AvgIpc) is 3.14. The number of nitrogens with one attached hydrogen (secondary N) is 1. The Morgan fingerprint density at radius 3 is 2.52 bits per heavy atom. The van der Waals surface area contributed by atoms with Crippen LogP contribution in [0.1, 0.15) is 19.3 Å². The minimum atomic E-state index is -1.01. The number of hydrogen-bond acceptors (Lipinski definition) is 7. The number of esters is 1. The van der Waals surface area contributed by atoms with Gasteiger partial charge in [0.05, 0.1) is 32.9 Å². The van der Waals surface area contributed by atoms with Gasteiger partial charge in [0.25, 0.3) is 0 Å². The number of hydrogen-bond donors (Lipinski definition) is 1. The van der Waals surface area contributed by atoms with Crippen molar-refractivity contribution in [1.82, 2.24) is 5.32 Å². The largest absolute Gasteiger partial charge is 0.497 e. The van der Waals surface area contributed by atoms with Crippen molar-refractivity contribution in [3.8, 4) is 11.5 Å². The van der Waals surface area contributed by atoms with E-state index in [0.717, 1.165) is 11.5 Å². The Labute approximate surface area is 174 Å². The van der Waals surface area contributed by atoms with Gasteiger partial charge in [-0.2, -0.15) is 11.8 Å². The molecule has 8 nitrogen and oxygen atoms in total. The molecule has 0 spiro atoms. The molecule has 2 fully saturated rings. The average molecular weight is 423 g/mol. The molecule has 0 aromatic heterocycles. The van der Waals surface area contributed by atoms with Gasteiger partial charge in [-0.15, -0.1) is 0 Å². The highest BCUT2D eigenvalue weighted by Crippen LogP contribution is 2.36. The van der Waals surface area contributed by atoms with Crippen molar-refractivity contribution in [3.05, 3.63) is 18.2 Å². The first-order valence-electron chi connectivity index (χ1n) is 9.44. The van der Waals surface area contributed by atoms with Crippen molar-refractivity contribution in [2.75, 3.05) is 44.3 Å². The van der Waals surface area contributed by atoms with Crippen LogP contribution < -0.4 is 19.7 Å². The minimum Gasteiger partial charge on any atom is -0.497 e. The monoisotopic (exact) mass is 422 g/mol. The van der Waals surface area contributed by atoms with E-state index in [4.69, 9.17) is 14.2 Å². The van der Waals surface area contributed by atoms with Gasteiger partial charge in [0.1, 0.15) is 17.0 Å². The van der Waals surface area contributed by atoms with E-state index in [1.165, 1.54) is 19.1 Å². The van der Waals surface area contributed by atoms with Crippen LogP contribution in [0.2, 0.25) is 0 Å². The quantitative estimate of drug-likeness (QED) is 0.696. The topological polar surface area (TPSA) is 94.2 Å². The van der Waals surface area contributed by atoms with Crippen LogP contribution in [-0.4, -0.2) is 62.7 Å². The lowest BCUT2D eigenvalue weighted by molar-refractivity contribution is -0.152. The molecule has 29 heavy (non-hydrogen) atoms. The summed E-state index contributed by atoms with van der Waals surface area (Å²) in [5, 5.41) is 2.91. The number of thioether (sulfide) groups is 1. The molecule has 158 valence electrons. The van der Waals surface area contributed by atoms with Crippen molar-refractivity contribution in [1.29, 1.82) is 0 Å². The van der Waals surface area contributed by atoms with E-state index in [1.54, 1.807) is 37.1 Å². The predicted octanol–water partition coefficient (Wildman–Crippen LogP) is 1.61. The van der Waals surface area contributed by atoms with E-state index in [1.807, 2.05) is 0 Å². The second-order valence-electron chi connectivity index (χ2n) is 7.12. The molecule has 9 heteroatoms. The van der Waals surface area contributed by atoms with Crippen LogP contribution in [0.3, 0.4) is 0 Å². The van der Waals surface area contributed by atoms with Gasteiger partial charge >= 0.3 is 5.97 Å². The Balaban J connectivity index is 1.77. The molecule has 0 saturated carbocycles. The number of nitrogens with zero attached hydrogens (tertiary/aromatic N) is 1. The third-order valence-electron chi connectivity index (χ3n) is 5.46. The first-order valence-corrected chi connectivity index (χ1v) is 10.6. The zero-order valence-corrected chi connectivity index (χ0v) is 17.7. The van der Waals surface area contributed by atoms with Crippen molar-refractivity contribution >= 4 is 35.2 Å². The summed E-state index contributed by atoms with van der Waals surface area (Å²) in [4.78, 5) is 39.6. The summed E-state index contributed by atoms with van der Waals surface area (Å²) >= 11 is 1.74. The molecule has 1 aromatic rings. The lowest BCUT2D eigenvalue weighted by atomic mass is 9.91. The SMILES string of the molecule is COC(=O)C1(NC(=O)C2CC(=O)N(c3cc(OC)ccc3OC)C2)CCSCC1. The zero-order valence-electron chi connectivity index (χ0n) is 16.9. The van der Waals surface area contributed by atoms with Gasteiger partial charge in [-0.25, -0.2) is 4.79 Å². The fourth-order valence-corrected chi connectivity index (χ4v) is 4.95. The van der Waals surface area contributed by atoms with Crippen LogP contribution in [0, 0.1) is 5.92 Å². The minimum absolute atomic E-state index is 0.0677. The summed E-state index contributed by atoms with van der Waals surface area (Å²) in [5.41, 5.74) is -0.454. The van der Waals surface area contributed by atoms with Gasteiger partial charge in [0, 0.05) is 19.0 Å². The summed E-state index contributed by atoms with van der Waals surface area (Å²) in [5.74, 6) is 1.18. The molecule has 2 saturated heterocycles. The second-order valence-corrected chi connectivity index (χ2v) is 8.34. The van der Waals surface area contributed by atoms with Gasteiger partial charge in [0.2, 0.25) is 11.8 Å². The third kappa shape index (κ3) is 4.29. The van der Waals surface area contributed by atoms with Gasteiger partial charge < -0.3 is 24.4 Å². The number of benzene rings is 1. The van der Waals surface area contributed by atoms with Crippen molar-refractivity contribution < 1.29 is 28.6 Å². The van der Waals surface area contributed by atoms with E-state index < -0.39 is 17.4 Å². The molecule has 1 unspecified atom stereocenters. The van der Waals surface area contributed by atoms with Crippen LogP contribution in [0.5, 0.6) is 11.5 Å². The molecule has 1 N–H and O–H groups in total. The van der Waals surface area contributed by atoms with Gasteiger partial charge in [-0.3, -0.25) is 9.59 Å². The van der Waals surface area contributed by atoms with E-state index in [-0.39, 0.29) is 24.8 Å². The molecular formula is C20H26N2O6S. The molecule has 0 bridgehead atoms. The molecule has 2 aliphatic rings. The number of carbonyl (C=O) groups excluding carboxylic acids is 3. The Kier molecular flexibility index (Phi) is 6.56. The second kappa shape index (κ2) is 8.94. The maximum Gasteiger partial charge on any atom is 0.331 e. The zero-order chi connectivity index (χ0) is 21.0. The third-order valence-corrected chi connectivity index (χ3v) is 6.44. The number of methoxy groups -OCH3 is 3. The van der Waals surface area contributed by atoms with Crippen LogP contribution in [0.4, 0.5) is 5.69 Å². The summed E-state index contributed by atoms with van der Waals surface area (Å²) in [6.45, 7) is 0.209. The van der Waals surface area contributed by atoms with Crippen molar-refractivity contribution in [3.63, 3.8) is 0 Å². The van der Waals surface area contributed by atoms with E-state index >= 15 is 0 Å². The molecule has 2 aliphatic heterocycles. The highest BCUT2D eigenvalue weighted by atomic mass is 32.2. The van der Waals surface area contributed by atoms with E-state index in [9.17, 15) is 14.4 Å². The highest BCUT2D eigenvalue weighted by Gasteiger charge is 2.45. The smallest absolute Gasteiger partial charge is 0.331 e. The number of carbonyl (C=O) groups is 3. The molecule has 0 aliphatic carbocycles.